The molecule has 1 saturated heterocycles. The molecule has 2 aromatic rings. The number of carbonyl (C=O) groups excluding carboxylic acids is 3. The molecule has 0 bridgehead atoms. The lowest BCUT2D eigenvalue weighted by Crippen LogP contribution is -2.29. The van der Waals surface area contributed by atoms with Crippen LogP contribution in [0.2, 0.25) is 0 Å². The van der Waals surface area contributed by atoms with Gasteiger partial charge >= 0.3 is 5.97 Å². The van der Waals surface area contributed by atoms with Crippen molar-refractivity contribution < 1.29 is 19.1 Å². The maximum atomic E-state index is 12.7. The molecular formula is C29H35N3O4S2. The van der Waals surface area contributed by atoms with Gasteiger partial charge < -0.3 is 15.0 Å². The highest BCUT2D eigenvalue weighted by molar-refractivity contribution is 8.26. The van der Waals surface area contributed by atoms with E-state index >= 15 is 0 Å². The fraction of sp³-hybridized carbons (Fsp3) is 0.379. The highest BCUT2D eigenvalue weighted by Gasteiger charge is 2.31. The van der Waals surface area contributed by atoms with E-state index in [9.17, 15) is 14.4 Å². The number of nitrogens with one attached hydrogen (secondary N) is 1. The van der Waals surface area contributed by atoms with Crippen LogP contribution in [0.4, 0.5) is 5.69 Å². The molecule has 7 nitrogen and oxygen atoms in total. The van der Waals surface area contributed by atoms with E-state index in [-0.39, 0.29) is 17.8 Å². The lowest BCUT2D eigenvalue weighted by molar-refractivity contribution is -0.122. The van der Waals surface area contributed by atoms with Crippen LogP contribution >= 0.6 is 24.0 Å². The van der Waals surface area contributed by atoms with Crippen molar-refractivity contribution in [3.05, 3.63) is 70.6 Å². The van der Waals surface area contributed by atoms with Gasteiger partial charge in [-0.1, -0.05) is 74.6 Å². The summed E-state index contributed by atoms with van der Waals surface area (Å²) in [6, 6.07) is 16.4. The maximum Gasteiger partial charge on any atom is 0.338 e. The molecule has 2 aromatic carbocycles. The minimum Gasteiger partial charge on any atom is -0.461 e. The molecule has 1 N–H and O–H groups in total. The summed E-state index contributed by atoms with van der Waals surface area (Å²) in [5.74, 6) is -0.513. The number of anilines is 1. The Hall–Kier alpha value is -3.01. The normalized spacial score (nSPS) is 14.4. The summed E-state index contributed by atoms with van der Waals surface area (Å²) in [7, 11) is 0. The quantitative estimate of drug-likeness (QED) is 0.141. The number of unbranched alkanes of at least 4 members (excludes halogenated alkanes) is 2. The van der Waals surface area contributed by atoms with Crippen molar-refractivity contribution in [3.63, 3.8) is 0 Å². The zero-order valence-corrected chi connectivity index (χ0v) is 23.6. The number of amides is 2. The van der Waals surface area contributed by atoms with Gasteiger partial charge in [0.15, 0.2) is 0 Å². The summed E-state index contributed by atoms with van der Waals surface area (Å²) >= 11 is 6.73. The molecule has 202 valence electrons. The third-order valence-electron chi connectivity index (χ3n) is 6.20. The van der Waals surface area contributed by atoms with Gasteiger partial charge in [-0.25, -0.2) is 4.79 Å². The average Bonchev–Trinajstić information content (AvgIpc) is 3.19. The summed E-state index contributed by atoms with van der Waals surface area (Å²) in [6.07, 6.45) is 4.52. The Morgan fingerprint density at radius 2 is 1.74 bits per heavy atom. The highest BCUT2D eigenvalue weighted by atomic mass is 32.2. The summed E-state index contributed by atoms with van der Waals surface area (Å²) in [6.45, 7) is 7.59. The Bertz CT molecular complexity index is 1130. The number of benzene rings is 2. The fourth-order valence-electron chi connectivity index (χ4n) is 3.93. The molecule has 0 aliphatic carbocycles. The molecule has 0 aromatic heterocycles. The SMILES string of the molecule is CCN(CC)CCOC(=O)c1ccc(NC(=O)CCCCCN2C(=O)C(=Cc3ccccc3)SC2=S)cc1. The van der Waals surface area contributed by atoms with Crippen LogP contribution in [0.15, 0.2) is 59.5 Å². The minimum absolute atomic E-state index is 0.0576. The first-order valence-corrected chi connectivity index (χ1v) is 14.2. The minimum atomic E-state index is -0.368. The Morgan fingerprint density at radius 3 is 2.42 bits per heavy atom. The van der Waals surface area contributed by atoms with Crippen molar-refractivity contribution in [3.8, 4) is 0 Å². The number of thiocarbonyl (C=S) groups is 1. The van der Waals surface area contributed by atoms with Crippen molar-refractivity contribution in [2.45, 2.75) is 39.5 Å². The van der Waals surface area contributed by atoms with Crippen LogP contribution < -0.4 is 5.32 Å². The lowest BCUT2D eigenvalue weighted by atomic mass is 10.1. The maximum absolute atomic E-state index is 12.7. The summed E-state index contributed by atoms with van der Waals surface area (Å²) in [4.78, 5) is 41.7. The van der Waals surface area contributed by atoms with Crippen LogP contribution in [0.25, 0.3) is 6.08 Å². The van der Waals surface area contributed by atoms with Crippen molar-refractivity contribution in [2.75, 3.05) is 38.1 Å². The largest absolute Gasteiger partial charge is 0.461 e. The van der Waals surface area contributed by atoms with Crippen LogP contribution in [-0.2, 0) is 14.3 Å². The molecule has 0 saturated carbocycles. The van der Waals surface area contributed by atoms with Crippen molar-refractivity contribution >= 4 is 57.8 Å². The first kappa shape index (κ1) is 29.5. The van der Waals surface area contributed by atoms with Gasteiger partial charge in [-0.05, 0) is 61.8 Å². The second kappa shape index (κ2) is 15.4. The average molecular weight is 554 g/mol. The number of rotatable bonds is 14. The van der Waals surface area contributed by atoms with E-state index < -0.39 is 0 Å². The van der Waals surface area contributed by atoms with Crippen LogP contribution in [0, 0.1) is 0 Å². The molecule has 0 unspecified atom stereocenters. The van der Waals surface area contributed by atoms with Gasteiger partial charge in [0.25, 0.3) is 5.91 Å². The molecule has 9 heteroatoms. The van der Waals surface area contributed by atoms with E-state index in [0.29, 0.717) is 53.0 Å². The number of carbonyl (C=O) groups is 3. The van der Waals surface area contributed by atoms with Crippen LogP contribution in [0.1, 0.15) is 55.5 Å². The Balaban J connectivity index is 1.34. The van der Waals surface area contributed by atoms with Gasteiger partial charge in [0.05, 0.1) is 10.5 Å². The number of ether oxygens (including phenoxy) is 1. The van der Waals surface area contributed by atoms with Gasteiger partial charge in [-0.3, -0.25) is 14.5 Å². The lowest BCUT2D eigenvalue weighted by Gasteiger charge is -2.17. The van der Waals surface area contributed by atoms with E-state index in [4.69, 9.17) is 17.0 Å². The monoisotopic (exact) mass is 553 g/mol. The topological polar surface area (TPSA) is 79.0 Å². The van der Waals surface area contributed by atoms with Gasteiger partial charge in [0.1, 0.15) is 10.9 Å². The molecule has 1 heterocycles. The summed E-state index contributed by atoms with van der Waals surface area (Å²) in [5.41, 5.74) is 2.06. The molecule has 0 radical (unpaired) electrons. The Morgan fingerprint density at radius 1 is 1.03 bits per heavy atom. The van der Waals surface area contributed by atoms with E-state index in [1.54, 1.807) is 29.2 Å². The predicted molar refractivity (Wildman–Crippen MR) is 158 cm³/mol. The number of hydrogen-bond acceptors (Lipinski definition) is 7. The molecule has 1 aliphatic heterocycles. The molecule has 2 amide bonds. The molecular weight excluding hydrogens is 518 g/mol. The van der Waals surface area contributed by atoms with Crippen molar-refractivity contribution in [1.29, 1.82) is 0 Å². The van der Waals surface area contributed by atoms with E-state index in [1.165, 1.54) is 11.8 Å². The van der Waals surface area contributed by atoms with Crippen LogP contribution in [-0.4, -0.2) is 64.7 Å². The highest BCUT2D eigenvalue weighted by Crippen LogP contribution is 2.32. The van der Waals surface area contributed by atoms with Gasteiger partial charge in [0, 0.05) is 25.2 Å². The third-order valence-corrected chi connectivity index (χ3v) is 7.57. The number of nitrogens with zero attached hydrogens (tertiary/aromatic N) is 2. The summed E-state index contributed by atoms with van der Waals surface area (Å²) in [5, 5.41) is 2.86. The zero-order chi connectivity index (χ0) is 27.3. The fourth-order valence-corrected chi connectivity index (χ4v) is 5.24. The first-order chi connectivity index (χ1) is 18.4. The van der Waals surface area contributed by atoms with Gasteiger partial charge in [0.2, 0.25) is 5.91 Å². The first-order valence-electron chi connectivity index (χ1n) is 13.0. The van der Waals surface area contributed by atoms with Crippen LogP contribution in [0.3, 0.4) is 0 Å². The zero-order valence-electron chi connectivity index (χ0n) is 22.0. The van der Waals surface area contributed by atoms with E-state index in [2.05, 4.69) is 24.1 Å². The number of esters is 1. The molecule has 3 rings (SSSR count). The third kappa shape index (κ3) is 9.08. The molecule has 0 atom stereocenters. The standard InChI is InChI=1S/C29H35N3O4S2/c1-3-31(4-2)19-20-36-28(35)23-14-16-24(17-15-23)30-26(33)13-9-6-10-18-32-27(34)25(38-29(32)37)21-22-11-7-5-8-12-22/h5,7-8,11-12,14-17,21H,3-4,6,9-10,13,18-20H2,1-2H3,(H,30,33). The van der Waals surface area contributed by atoms with Gasteiger partial charge in [-0.15, -0.1) is 0 Å². The summed E-state index contributed by atoms with van der Waals surface area (Å²) < 4.78 is 5.91. The predicted octanol–water partition coefficient (Wildman–Crippen LogP) is 5.59. The van der Waals surface area contributed by atoms with E-state index in [1.807, 2.05) is 36.4 Å². The van der Waals surface area contributed by atoms with Crippen LogP contribution in [0.5, 0.6) is 0 Å². The van der Waals surface area contributed by atoms with Crippen molar-refractivity contribution in [1.82, 2.24) is 9.80 Å². The molecule has 1 aliphatic rings. The Kier molecular flexibility index (Phi) is 12.0. The Labute approximate surface area is 234 Å². The van der Waals surface area contributed by atoms with Gasteiger partial charge in [-0.2, -0.15) is 0 Å². The number of thioether (sulfide) groups is 1. The smallest absolute Gasteiger partial charge is 0.338 e. The van der Waals surface area contributed by atoms with E-state index in [0.717, 1.165) is 31.5 Å². The molecule has 38 heavy (non-hydrogen) atoms. The second-order valence-corrected chi connectivity index (χ2v) is 10.5. The molecule has 0 spiro atoms. The second-order valence-electron chi connectivity index (χ2n) is 8.84. The molecule has 1 fully saturated rings. The number of likely N-dealkylation sites (N-methyl/N-ethyl adjacent to an activating group) is 1. The van der Waals surface area contributed by atoms with Crippen molar-refractivity contribution in [2.24, 2.45) is 0 Å². The number of hydrogen-bond donors (Lipinski definition) is 1.